The Kier molecular flexibility index (Phi) is 4.06. The predicted molar refractivity (Wildman–Crippen MR) is 69.3 cm³/mol. The molecule has 0 bridgehead atoms. The normalized spacial score (nSPS) is 12.1. The molecule has 0 fully saturated rings. The highest BCUT2D eigenvalue weighted by atomic mass is 35.5. The van der Waals surface area contributed by atoms with Crippen LogP contribution in [-0.2, 0) is 4.79 Å². The third-order valence-electron chi connectivity index (χ3n) is 2.56. The summed E-state index contributed by atoms with van der Waals surface area (Å²) in [6.45, 7) is 1.74. The molecule has 0 aliphatic rings. The molecule has 1 heterocycles. The summed E-state index contributed by atoms with van der Waals surface area (Å²) in [6.07, 6.45) is 0.935. The Balaban J connectivity index is 2.37. The molecule has 1 aromatic carbocycles. The van der Waals surface area contributed by atoms with E-state index in [0.717, 1.165) is 0 Å². The van der Waals surface area contributed by atoms with Crippen LogP contribution >= 0.6 is 11.6 Å². The van der Waals surface area contributed by atoms with Gasteiger partial charge in [0.15, 0.2) is 11.9 Å². The van der Waals surface area contributed by atoms with Gasteiger partial charge < -0.3 is 14.4 Å². The van der Waals surface area contributed by atoms with Crippen LogP contribution in [0.1, 0.15) is 13.3 Å². The van der Waals surface area contributed by atoms with Crippen LogP contribution in [0.2, 0.25) is 5.02 Å². The Hall–Kier alpha value is -2.01. The fourth-order valence-electron chi connectivity index (χ4n) is 1.61. The third kappa shape index (κ3) is 3.06. The van der Waals surface area contributed by atoms with Gasteiger partial charge in [-0.15, -0.1) is 0 Å². The topological polar surface area (TPSA) is 72.6 Å². The summed E-state index contributed by atoms with van der Waals surface area (Å²) in [5, 5.41) is 13.1. The Labute approximate surface area is 114 Å². The molecular formula is C13H12ClNO4. The minimum atomic E-state index is -1.01. The summed E-state index contributed by atoms with van der Waals surface area (Å²) >= 11 is 5.93. The zero-order chi connectivity index (χ0) is 13.8. The van der Waals surface area contributed by atoms with Crippen molar-refractivity contribution in [2.75, 3.05) is 0 Å². The molecule has 1 N–H and O–H groups in total. The zero-order valence-corrected chi connectivity index (χ0v) is 10.9. The second-order valence-corrected chi connectivity index (χ2v) is 4.31. The zero-order valence-electron chi connectivity index (χ0n) is 10.2. The van der Waals surface area contributed by atoms with Crippen LogP contribution in [0.4, 0.5) is 0 Å². The number of carboxylic acid groups (broad SMARTS) is 1. The summed E-state index contributed by atoms with van der Waals surface area (Å²) < 4.78 is 10.5. The molecule has 2 aromatic rings. The molecule has 19 heavy (non-hydrogen) atoms. The van der Waals surface area contributed by atoms with Gasteiger partial charge in [0.1, 0.15) is 5.75 Å². The first-order valence-corrected chi connectivity index (χ1v) is 6.09. The average molecular weight is 282 g/mol. The van der Waals surface area contributed by atoms with E-state index in [0.29, 0.717) is 28.5 Å². The number of aromatic nitrogens is 1. The van der Waals surface area contributed by atoms with Crippen LogP contribution in [0.15, 0.2) is 35.0 Å². The molecule has 5 nitrogen and oxygen atoms in total. The number of nitrogens with zero attached hydrogens (tertiary/aromatic N) is 1. The average Bonchev–Trinajstić information content (AvgIpc) is 2.90. The number of aliphatic carboxylic acids is 1. The molecule has 0 saturated carbocycles. The van der Waals surface area contributed by atoms with E-state index in [-0.39, 0.29) is 0 Å². The molecule has 2 rings (SSSR count). The van der Waals surface area contributed by atoms with Gasteiger partial charge in [-0.05, 0) is 24.6 Å². The predicted octanol–water partition coefficient (Wildman–Crippen LogP) is 3.24. The van der Waals surface area contributed by atoms with Gasteiger partial charge in [0, 0.05) is 11.1 Å². The van der Waals surface area contributed by atoms with E-state index >= 15 is 0 Å². The second kappa shape index (κ2) is 5.75. The minimum Gasteiger partial charge on any atom is -0.479 e. The third-order valence-corrected chi connectivity index (χ3v) is 2.80. The summed E-state index contributed by atoms with van der Waals surface area (Å²) in [5.74, 6) is -0.144. The van der Waals surface area contributed by atoms with Crippen LogP contribution in [-0.4, -0.2) is 22.3 Å². The number of carboxylic acids is 1. The number of carbonyl (C=O) groups is 1. The Morgan fingerprint density at radius 3 is 2.89 bits per heavy atom. The minimum absolute atomic E-state index is 0.355. The summed E-state index contributed by atoms with van der Waals surface area (Å²) in [6, 6.07) is 6.54. The number of benzene rings is 1. The Morgan fingerprint density at radius 2 is 2.32 bits per heavy atom. The van der Waals surface area contributed by atoms with Crippen LogP contribution in [0, 0.1) is 0 Å². The van der Waals surface area contributed by atoms with Crippen molar-refractivity contribution in [2.45, 2.75) is 19.4 Å². The van der Waals surface area contributed by atoms with Gasteiger partial charge in [-0.1, -0.05) is 23.7 Å². The Morgan fingerprint density at radius 1 is 1.53 bits per heavy atom. The second-order valence-electron chi connectivity index (χ2n) is 3.87. The number of rotatable bonds is 5. The lowest BCUT2D eigenvalue weighted by molar-refractivity contribution is -0.145. The van der Waals surface area contributed by atoms with E-state index in [2.05, 4.69) is 5.16 Å². The highest BCUT2D eigenvalue weighted by molar-refractivity contribution is 6.30. The smallest absolute Gasteiger partial charge is 0.344 e. The summed E-state index contributed by atoms with van der Waals surface area (Å²) in [4.78, 5) is 11.0. The van der Waals surface area contributed by atoms with Gasteiger partial charge in [-0.25, -0.2) is 4.79 Å². The van der Waals surface area contributed by atoms with Crippen molar-refractivity contribution < 1.29 is 19.2 Å². The van der Waals surface area contributed by atoms with Gasteiger partial charge in [0.25, 0.3) is 0 Å². The van der Waals surface area contributed by atoms with Crippen LogP contribution in [0.5, 0.6) is 5.75 Å². The lowest BCUT2D eigenvalue weighted by Gasteiger charge is -2.15. The first-order chi connectivity index (χ1) is 9.11. The number of hydrogen-bond acceptors (Lipinski definition) is 4. The van der Waals surface area contributed by atoms with Gasteiger partial charge in [0.2, 0.25) is 0 Å². The SMILES string of the molecule is CCC(Oc1ccc(Cl)cc1-c1ccno1)C(=O)O. The van der Waals surface area contributed by atoms with Crippen molar-refractivity contribution in [1.82, 2.24) is 5.16 Å². The quantitative estimate of drug-likeness (QED) is 0.911. The first-order valence-electron chi connectivity index (χ1n) is 5.72. The van der Waals surface area contributed by atoms with E-state index in [1.54, 1.807) is 31.2 Å². The highest BCUT2D eigenvalue weighted by Crippen LogP contribution is 2.33. The lowest BCUT2D eigenvalue weighted by atomic mass is 10.1. The van der Waals surface area contributed by atoms with Gasteiger partial charge in [-0.3, -0.25) is 0 Å². The maximum absolute atomic E-state index is 11.0. The highest BCUT2D eigenvalue weighted by Gasteiger charge is 2.20. The summed E-state index contributed by atoms with van der Waals surface area (Å²) in [7, 11) is 0. The molecule has 0 amide bonds. The molecule has 0 spiro atoms. The molecule has 1 atom stereocenters. The van der Waals surface area contributed by atoms with Crippen molar-refractivity contribution in [3.8, 4) is 17.1 Å². The van der Waals surface area contributed by atoms with Gasteiger partial charge in [0.05, 0.1) is 11.8 Å². The standard InChI is InChI=1S/C13H12ClNO4/c1-2-10(13(16)17)18-11-4-3-8(14)7-9(11)12-5-6-15-19-12/h3-7,10H,2H2,1H3,(H,16,17). The monoisotopic (exact) mass is 281 g/mol. The number of halogens is 1. The van der Waals surface area contributed by atoms with Crippen LogP contribution in [0.25, 0.3) is 11.3 Å². The van der Waals surface area contributed by atoms with Crippen molar-refractivity contribution in [1.29, 1.82) is 0 Å². The molecule has 0 saturated heterocycles. The van der Waals surface area contributed by atoms with Gasteiger partial charge in [-0.2, -0.15) is 0 Å². The van der Waals surface area contributed by atoms with Crippen LogP contribution in [0.3, 0.4) is 0 Å². The largest absolute Gasteiger partial charge is 0.479 e. The number of ether oxygens (including phenoxy) is 1. The Bertz CT molecular complexity index is 568. The molecular weight excluding hydrogens is 270 g/mol. The van der Waals surface area contributed by atoms with Crippen molar-refractivity contribution in [3.05, 3.63) is 35.5 Å². The van der Waals surface area contributed by atoms with Crippen molar-refractivity contribution in [3.63, 3.8) is 0 Å². The maximum atomic E-state index is 11.0. The molecule has 6 heteroatoms. The van der Waals surface area contributed by atoms with E-state index in [1.807, 2.05) is 0 Å². The lowest BCUT2D eigenvalue weighted by Crippen LogP contribution is -2.26. The fourth-order valence-corrected chi connectivity index (χ4v) is 1.79. The van der Waals surface area contributed by atoms with E-state index in [4.69, 9.17) is 26.0 Å². The van der Waals surface area contributed by atoms with E-state index < -0.39 is 12.1 Å². The summed E-state index contributed by atoms with van der Waals surface area (Å²) in [5.41, 5.74) is 0.574. The van der Waals surface area contributed by atoms with E-state index in [1.165, 1.54) is 6.20 Å². The van der Waals surface area contributed by atoms with Crippen molar-refractivity contribution in [2.24, 2.45) is 0 Å². The van der Waals surface area contributed by atoms with Crippen molar-refractivity contribution >= 4 is 17.6 Å². The maximum Gasteiger partial charge on any atom is 0.344 e. The molecule has 100 valence electrons. The molecule has 0 aliphatic heterocycles. The number of hydrogen-bond donors (Lipinski definition) is 1. The van der Waals surface area contributed by atoms with Gasteiger partial charge >= 0.3 is 5.97 Å². The molecule has 0 radical (unpaired) electrons. The van der Waals surface area contributed by atoms with Crippen LogP contribution < -0.4 is 4.74 Å². The molecule has 0 aliphatic carbocycles. The first kappa shape index (κ1) is 13.4. The molecule has 1 unspecified atom stereocenters. The molecule has 1 aromatic heterocycles. The van der Waals surface area contributed by atoms with E-state index in [9.17, 15) is 4.79 Å². The fraction of sp³-hybridized carbons (Fsp3) is 0.231.